The molecular formula is C20H22N6. The van der Waals surface area contributed by atoms with Crippen molar-refractivity contribution in [2.24, 2.45) is 5.92 Å². The minimum absolute atomic E-state index is 0.537. The molecule has 0 saturated carbocycles. The number of nitrogens with zero attached hydrogens (tertiary/aromatic N) is 6. The van der Waals surface area contributed by atoms with Gasteiger partial charge in [-0.3, -0.25) is 9.88 Å². The molecule has 1 fully saturated rings. The fourth-order valence-corrected chi connectivity index (χ4v) is 3.69. The lowest BCUT2D eigenvalue weighted by molar-refractivity contribution is 0.200. The number of hydrogen-bond donors (Lipinski definition) is 0. The standard InChI is InChI=1S/C20H22N6/c21-8-13-25-11-6-16(7-12-25)14-19-24-18-5-3-10-23-20(18)26(19)15-17-4-1-2-9-22-17/h1-5,9-10,16H,6-7,11-15H2. The number of pyridine rings is 2. The molecule has 0 radical (unpaired) electrons. The third-order valence-corrected chi connectivity index (χ3v) is 5.10. The summed E-state index contributed by atoms with van der Waals surface area (Å²) in [7, 11) is 0. The van der Waals surface area contributed by atoms with Crippen LogP contribution >= 0.6 is 0 Å². The van der Waals surface area contributed by atoms with Gasteiger partial charge in [0.2, 0.25) is 0 Å². The molecule has 1 saturated heterocycles. The van der Waals surface area contributed by atoms with Gasteiger partial charge in [0.15, 0.2) is 5.65 Å². The van der Waals surface area contributed by atoms with Gasteiger partial charge < -0.3 is 4.57 Å². The van der Waals surface area contributed by atoms with E-state index in [1.807, 2.05) is 42.7 Å². The molecule has 1 aliphatic rings. The quantitative estimate of drug-likeness (QED) is 0.664. The van der Waals surface area contributed by atoms with Crippen molar-refractivity contribution in [2.45, 2.75) is 25.8 Å². The number of nitriles is 1. The number of aromatic nitrogens is 4. The zero-order valence-corrected chi connectivity index (χ0v) is 14.8. The molecule has 3 aromatic rings. The Labute approximate surface area is 153 Å². The highest BCUT2D eigenvalue weighted by atomic mass is 15.1. The Bertz CT molecular complexity index is 903. The zero-order valence-electron chi connectivity index (χ0n) is 14.8. The molecule has 0 N–H and O–H groups in total. The SMILES string of the molecule is N#CCN1CCC(Cc2nc3cccnc3n2Cc2ccccn2)CC1. The van der Waals surface area contributed by atoms with Gasteiger partial charge in [-0.05, 0) is 56.1 Å². The number of rotatable bonds is 5. The van der Waals surface area contributed by atoms with Crippen LogP contribution in [-0.4, -0.2) is 44.1 Å². The second-order valence-corrected chi connectivity index (χ2v) is 6.86. The predicted molar refractivity (Wildman–Crippen MR) is 99.3 cm³/mol. The Kier molecular flexibility index (Phi) is 4.89. The van der Waals surface area contributed by atoms with Crippen LogP contribution in [0.1, 0.15) is 24.4 Å². The van der Waals surface area contributed by atoms with Crippen molar-refractivity contribution in [1.29, 1.82) is 5.26 Å². The van der Waals surface area contributed by atoms with Crippen LogP contribution in [0.2, 0.25) is 0 Å². The van der Waals surface area contributed by atoms with E-state index in [4.69, 9.17) is 10.2 Å². The van der Waals surface area contributed by atoms with Crippen molar-refractivity contribution < 1.29 is 0 Å². The molecule has 4 rings (SSSR count). The second-order valence-electron chi connectivity index (χ2n) is 6.86. The van der Waals surface area contributed by atoms with Crippen LogP contribution in [0.15, 0.2) is 42.7 Å². The molecule has 0 spiro atoms. The number of imidazole rings is 1. The van der Waals surface area contributed by atoms with Crippen LogP contribution in [0, 0.1) is 17.2 Å². The molecule has 6 heteroatoms. The van der Waals surface area contributed by atoms with Crippen molar-refractivity contribution in [2.75, 3.05) is 19.6 Å². The lowest BCUT2D eigenvalue weighted by Gasteiger charge is -2.30. The molecule has 3 aromatic heterocycles. The first-order valence-electron chi connectivity index (χ1n) is 9.13. The minimum atomic E-state index is 0.537. The third-order valence-electron chi connectivity index (χ3n) is 5.10. The van der Waals surface area contributed by atoms with Gasteiger partial charge in [0.1, 0.15) is 11.3 Å². The summed E-state index contributed by atoms with van der Waals surface area (Å²) in [6, 6.07) is 12.2. The van der Waals surface area contributed by atoms with Gasteiger partial charge >= 0.3 is 0 Å². The summed E-state index contributed by atoms with van der Waals surface area (Å²) in [6.07, 6.45) is 6.82. The molecule has 6 nitrogen and oxygen atoms in total. The Hall–Kier alpha value is -2.78. The largest absolute Gasteiger partial charge is 0.307 e. The molecule has 0 atom stereocenters. The van der Waals surface area contributed by atoms with Crippen molar-refractivity contribution in [3.8, 4) is 6.07 Å². The van der Waals surface area contributed by atoms with Crippen LogP contribution < -0.4 is 0 Å². The van der Waals surface area contributed by atoms with E-state index < -0.39 is 0 Å². The topological polar surface area (TPSA) is 70.6 Å². The maximum atomic E-state index is 8.86. The van der Waals surface area contributed by atoms with Gasteiger partial charge in [-0.1, -0.05) is 6.07 Å². The maximum absolute atomic E-state index is 8.86. The van der Waals surface area contributed by atoms with Crippen LogP contribution in [0.4, 0.5) is 0 Å². The third kappa shape index (κ3) is 3.58. The van der Waals surface area contributed by atoms with Crippen molar-refractivity contribution in [3.05, 3.63) is 54.2 Å². The smallest absolute Gasteiger partial charge is 0.160 e. The minimum Gasteiger partial charge on any atom is -0.307 e. The fourth-order valence-electron chi connectivity index (χ4n) is 3.69. The normalized spacial score (nSPS) is 16.0. The van der Waals surface area contributed by atoms with Crippen molar-refractivity contribution >= 4 is 11.2 Å². The van der Waals surface area contributed by atoms with Gasteiger partial charge in [-0.25, -0.2) is 9.97 Å². The summed E-state index contributed by atoms with van der Waals surface area (Å²) in [4.78, 5) is 16.1. The summed E-state index contributed by atoms with van der Waals surface area (Å²) in [5, 5.41) is 8.86. The second kappa shape index (κ2) is 7.63. The summed E-state index contributed by atoms with van der Waals surface area (Å²) in [5.41, 5.74) is 2.89. The van der Waals surface area contributed by atoms with E-state index in [0.29, 0.717) is 19.0 Å². The van der Waals surface area contributed by atoms with Gasteiger partial charge in [-0.2, -0.15) is 5.26 Å². The first kappa shape index (κ1) is 16.7. The lowest BCUT2D eigenvalue weighted by Crippen LogP contribution is -2.34. The molecule has 4 heterocycles. The first-order chi connectivity index (χ1) is 12.8. The molecule has 0 aromatic carbocycles. The van der Waals surface area contributed by atoms with Gasteiger partial charge in [0.05, 0.1) is 24.9 Å². The van der Waals surface area contributed by atoms with Crippen LogP contribution in [0.25, 0.3) is 11.2 Å². The monoisotopic (exact) mass is 346 g/mol. The van der Waals surface area contributed by atoms with Gasteiger partial charge in [-0.15, -0.1) is 0 Å². The van der Waals surface area contributed by atoms with Crippen LogP contribution in [0.5, 0.6) is 0 Å². The fraction of sp³-hybridized carbons (Fsp3) is 0.400. The molecule has 0 aliphatic carbocycles. The highest BCUT2D eigenvalue weighted by Crippen LogP contribution is 2.24. The summed E-state index contributed by atoms with van der Waals surface area (Å²) < 4.78 is 2.21. The van der Waals surface area contributed by atoms with E-state index in [1.54, 1.807) is 0 Å². The average molecular weight is 346 g/mol. The van der Waals surface area contributed by atoms with E-state index in [0.717, 1.165) is 55.0 Å². The summed E-state index contributed by atoms with van der Waals surface area (Å²) in [6.45, 7) is 3.22. The first-order valence-corrected chi connectivity index (χ1v) is 9.13. The molecule has 0 amide bonds. The maximum Gasteiger partial charge on any atom is 0.160 e. The zero-order chi connectivity index (χ0) is 17.8. The van der Waals surface area contributed by atoms with E-state index in [-0.39, 0.29) is 0 Å². The van der Waals surface area contributed by atoms with E-state index in [9.17, 15) is 0 Å². The molecule has 0 unspecified atom stereocenters. The number of likely N-dealkylation sites (tertiary alicyclic amines) is 1. The Morgan fingerprint density at radius 2 is 1.92 bits per heavy atom. The summed E-state index contributed by atoms with van der Waals surface area (Å²) >= 11 is 0. The number of fused-ring (bicyclic) bond motifs is 1. The van der Waals surface area contributed by atoms with E-state index in [2.05, 4.69) is 25.5 Å². The lowest BCUT2D eigenvalue weighted by atomic mass is 9.93. The highest BCUT2D eigenvalue weighted by Gasteiger charge is 2.22. The molecule has 0 bridgehead atoms. The molecule has 26 heavy (non-hydrogen) atoms. The van der Waals surface area contributed by atoms with Crippen LogP contribution in [-0.2, 0) is 13.0 Å². The Morgan fingerprint density at radius 1 is 1.08 bits per heavy atom. The van der Waals surface area contributed by atoms with Gasteiger partial charge in [0, 0.05) is 18.8 Å². The number of piperidine rings is 1. The number of hydrogen-bond acceptors (Lipinski definition) is 5. The van der Waals surface area contributed by atoms with Crippen LogP contribution in [0.3, 0.4) is 0 Å². The highest BCUT2D eigenvalue weighted by molar-refractivity contribution is 5.71. The van der Waals surface area contributed by atoms with Crippen molar-refractivity contribution in [1.82, 2.24) is 24.4 Å². The van der Waals surface area contributed by atoms with Gasteiger partial charge in [0.25, 0.3) is 0 Å². The predicted octanol–water partition coefficient (Wildman–Crippen LogP) is 2.65. The Balaban J connectivity index is 1.57. The van der Waals surface area contributed by atoms with E-state index in [1.165, 1.54) is 0 Å². The molecule has 132 valence electrons. The summed E-state index contributed by atoms with van der Waals surface area (Å²) in [5.74, 6) is 1.69. The van der Waals surface area contributed by atoms with Crippen molar-refractivity contribution in [3.63, 3.8) is 0 Å². The average Bonchev–Trinajstić information content (AvgIpc) is 3.02. The van der Waals surface area contributed by atoms with E-state index >= 15 is 0 Å². The molecular weight excluding hydrogens is 324 g/mol. The molecule has 1 aliphatic heterocycles. The Morgan fingerprint density at radius 3 is 2.69 bits per heavy atom.